The average Bonchev–Trinajstić information content (AvgIpc) is 3.15. The van der Waals surface area contributed by atoms with Gasteiger partial charge in [-0.1, -0.05) is 25.5 Å². The van der Waals surface area contributed by atoms with Gasteiger partial charge in [0, 0.05) is 18.2 Å². The van der Waals surface area contributed by atoms with Crippen LogP contribution in [-0.4, -0.2) is 10.6 Å². The van der Waals surface area contributed by atoms with Crippen molar-refractivity contribution < 1.29 is 4.39 Å². The summed E-state index contributed by atoms with van der Waals surface area (Å²) in [5, 5.41) is 4.58. The van der Waals surface area contributed by atoms with Gasteiger partial charge in [0.2, 0.25) is 0 Å². The van der Waals surface area contributed by atoms with E-state index in [0.717, 1.165) is 47.7 Å². The highest BCUT2D eigenvalue weighted by atomic mass is 19.1. The van der Waals surface area contributed by atoms with E-state index in [2.05, 4.69) is 31.3 Å². The molecule has 0 radical (unpaired) electrons. The Labute approximate surface area is 171 Å². The first-order chi connectivity index (χ1) is 14.0. The van der Waals surface area contributed by atoms with Gasteiger partial charge in [0.1, 0.15) is 5.82 Å². The molecule has 1 aliphatic carbocycles. The van der Waals surface area contributed by atoms with Crippen LogP contribution in [0.5, 0.6) is 0 Å². The summed E-state index contributed by atoms with van der Waals surface area (Å²) >= 11 is 0. The topological polar surface area (TPSA) is 34.0 Å². The van der Waals surface area contributed by atoms with Gasteiger partial charge >= 0.3 is 0 Å². The lowest BCUT2D eigenvalue weighted by atomic mass is 10.0. The summed E-state index contributed by atoms with van der Waals surface area (Å²) in [6.45, 7) is 5.25. The SMILES string of the molecule is CCCC(C)NCc1cc2cc3c(cc2n(Cc2cccc(F)c2)c1=O)CCC3. The van der Waals surface area contributed by atoms with Crippen molar-refractivity contribution in [2.45, 2.75) is 65.1 Å². The second-order valence-electron chi connectivity index (χ2n) is 8.29. The number of aryl methyl sites for hydroxylation is 2. The summed E-state index contributed by atoms with van der Waals surface area (Å²) in [7, 11) is 0. The lowest BCUT2D eigenvalue weighted by molar-refractivity contribution is 0.506. The molecule has 2 aromatic carbocycles. The molecule has 0 spiro atoms. The number of halogens is 1. The quantitative estimate of drug-likeness (QED) is 0.617. The number of pyridine rings is 1. The van der Waals surface area contributed by atoms with Gasteiger partial charge in [-0.3, -0.25) is 4.79 Å². The van der Waals surface area contributed by atoms with E-state index >= 15 is 0 Å². The zero-order valence-corrected chi connectivity index (χ0v) is 17.3. The molecule has 1 atom stereocenters. The van der Waals surface area contributed by atoms with Gasteiger partial charge in [0.05, 0.1) is 12.1 Å². The van der Waals surface area contributed by atoms with Gasteiger partial charge in [-0.15, -0.1) is 0 Å². The van der Waals surface area contributed by atoms with E-state index < -0.39 is 0 Å². The van der Waals surface area contributed by atoms with Crippen molar-refractivity contribution in [3.8, 4) is 0 Å². The Morgan fingerprint density at radius 1 is 1.14 bits per heavy atom. The number of nitrogens with one attached hydrogen (secondary N) is 1. The van der Waals surface area contributed by atoms with Crippen LogP contribution in [0.2, 0.25) is 0 Å². The van der Waals surface area contributed by atoms with Crippen LogP contribution in [0.4, 0.5) is 4.39 Å². The average molecular weight is 393 g/mol. The minimum atomic E-state index is -0.271. The molecule has 1 aromatic heterocycles. The van der Waals surface area contributed by atoms with Crippen LogP contribution in [0.1, 0.15) is 55.4 Å². The van der Waals surface area contributed by atoms with E-state index in [1.54, 1.807) is 6.07 Å². The Kier molecular flexibility index (Phi) is 5.81. The van der Waals surface area contributed by atoms with Crippen LogP contribution in [0.15, 0.2) is 47.3 Å². The fourth-order valence-electron chi connectivity index (χ4n) is 4.43. The van der Waals surface area contributed by atoms with Crippen molar-refractivity contribution in [3.05, 3.63) is 80.9 Å². The zero-order chi connectivity index (χ0) is 20.4. The summed E-state index contributed by atoms with van der Waals surface area (Å²) in [6, 6.07) is 13.4. The molecular formula is C25H29FN2O. The van der Waals surface area contributed by atoms with Crippen molar-refractivity contribution in [3.63, 3.8) is 0 Å². The van der Waals surface area contributed by atoms with Crippen molar-refractivity contribution in [2.24, 2.45) is 0 Å². The molecule has 29 heavy (non-hydrogen) atoms. The predicted octanol–water partition coefficient (Wildman–Crippen LogP) is 4.96. The fraction of sp³-hybridized carbons (Fsp3) is 0.400. The minimum absolute atomic E-state index is 0.0101. The van der Waals surface area contributed by atoms with E-state index in [0.29, 0.717) is 19.1 Å². The number of hydrogen-bond donors (Lipinski definition) is 1. The molecular weight excluding hydrogens is 363 g/mol. The van der Waals surface area contributed by atoms with Crippen molar-refractivity contribution in [1.29, 1.82) is 0 Å². The normalized spacial score (nSPS) is 14.3. The first kappa shape index (κ1) is 19.8. The van der Waals surface area contributed by atoms with E-state index in [9.17, 15) is 9.18 Å². The zero-order valence-electron chi connectivity index (χ0n) is 17.3. The fourth-order valence-corrected chi connectivity index (χ4v) is 4.43. The van der Waals surface area contributed by atoms with Crippen LogP contribution < -0.4 is 10.9 Å². The molecule has 0 aliphatic heterocycles. The lowest BCUT2D eigenvalue weighted by Gasteiger charge is -2.17. The summed E-state index contributed by atoms with van der Waals surface area (Å²) in [4.78, 5) is 13.4. The Morgan fingerprint density at radius 3 is 2.69 bits per heavy atom. The van der Waals surface area contributed by atoms with E-state index in [-0.39, 0.29) is 11.4 Å². The Morgan fingerprint density at radius 2 is 1.93 bits per heavy atom. The van der Waals surface area contributed by atoms with Crippen LogP contribution in [0.25, 0.3) is 10.9 Å². The molecule has 0 fully saturated rings. The Hall–Kier alpha value is -2.46. The number of benzene rings is 2. The summed E-state index contributed by atoms with van der Waals surface area (Å²) in [5.74, 6) is -0.271. The highest BCUT2D eigenvalue weighted by Crippen LogP contribution is 2.27. The molecule has 4 heteroatoms. The summed E-state index contributed by atoms with van der Waals surface area (Å²) in [6.07, 6.45) is 5.54. The molecule has 4 rings (SSSR count). The van der Waals surface area contributed by atoms with E-state index in [1.807, 2.05) is 16.7 Å². The molecule has 152 valence electrons. The smallest absolute Gasteiger partial charge is 0.255 e. The minimum Gasteiger partial charge on any atom is -0.310 e. The third-order valence-corrected chi connectivity index (χ3v) is 5.97. The number of aromatic nitrogens is 1. The van der Waals surface area contributed by atoms with Gasteiger partial charge in [-0.05, 0) is 85.0 Å². The molecule has 0 bridgehead atoms. The number of hydrogen-bond acceptors (Lipinski definition) is 2. The highest BCUT2D eigenvalue weighted by molar-refractivity contribution is 5.82. The third-order valence-electron chi connectivity index (χ3n) is 5.97. The molecule has 0 amide bonds. The van der Waals surface area contributed by atoms with Crippen molar-refractivity contribution in [2.75, 3.05) is 0 Å². The largest absolute Gasteiger partial charge is 0.310 e. The molecule has 0 saturated heterocycles. The maximum absolute atomic E-state index is 13.7. The first-order valence-electron chi connectivity index (χ1n) is 10.7. The Bertz CT molecular complexity index is 1090. The van der Waals surface area contributed by atoms with Crippen LogP contribution in [0, 0.1) is 5.82 Å². The van der Waals surface area contributed by atoms with Crippen molar-refractivity contribution >= 4 is 10.9 Å². The molecule has 1 heterocycles. The van der Waals surface area contributed by atoms with Gasteiger partial charge in [-0.25, -0.2) is 4.39 Å². The third kappa shape index (κ3) is 4.27. The number of fused-ring (bicyclic) bond motifs is 2. The van der Waals surface area contributed by atoms with E-state index in [1.165, 1.54) is 29.7 Å². The molecule has 1 N–H and O–H groups in total. The molecule has 1 aliphatic rings. The molecule has 3 nitrogen and oxygen atoms in total. The predicted molar refractivity (Wildman–Crippen MR) is 117 cm³/mol. The van der Waals surface area contributed by atoms with Gasteiger partial charge < -0.3 is 9.88 Å². The van der Waals surface area contributed by atoms with Gasteiger partial charge in [0.15, 0.2) is 0 Å². The maximum Gasteiger partial charge on any atom is 0.255 e. The second-order valence-corrected chi connectivity index (χ2v) is 8.29. The standard InChI is InChI=1S/C25H29FN2O/c1-3-6-17(2)27-15-22-13-21-12-19-8-5-9-20(19)14-24(21)28(25(22)29)16-18-7-4-10-23(26)11-18/h4,7,10-14,17,27H,3,5-6,8-9,15-16H2,1-2H3. The van der Waals surface area contributed by atoms with Gasteiger partial charge in [-0.2, -0.15) is 0 Å². The Balaban J connectivity index is 1.79. The maximum atomic E-state index is 13.7. The van der Waals surface area contributed by atoms with Gasteiger partial charge in [0.25, 0.3) is 5.56 Å². The molecule has 0 saturated carbocycles. The second kappa shape index (κ2) is 8.50. The molecule has 3 aromatic rings. The lowest BCUT2D eigenvalue weighted by Crippen LogP contribution is -2.31. The summed E-state index contributed by atoms with van der Waals surface area (Å²) in [5.41, 5.74) is 5.27. The van der Waals surface area contributed by atoms with E-state index in [4.69, 9.17) is 0 Å². The molecule has 1 unspecified atom stereocenters. The summed E-state index contributed by atoms with van der Waals surface area (Å²) < 4.78 is 15.6. The number of nitrogens with zero attached hydrogens (tertiary/aromatic N) is 1. The number of rotatable bonds is 7. The highest BCUT2D eigenvalue weighted by Gasteiger charge is 2.16. The first-order valence-corrected chi connectivity index (χ1v) is 10.7. The van der Waals surface area contributed by atoms with Crippen LogP contribution in [0.3, 0.4) is 0 Å². The monoisotopic (exact) mass is 392 g/mol. The van der Waals surface area contributed by atoms with Crippen LogP contribution >= 0.6 is 0 Å². The van der Waals surface area contributed by atoms with Crippen molar-refractivity contribution in [1.82, 2.24) is 9.88 Å². The van der Waals surface area contributed by atoms with Crippen LogP contribution in [-0.2, 0) is 25.9 Å².